The summed E-state index contributed by atoms with van der Waals surface area (Å²) in [6.07, 6.45) is 3.08. The van der Waals surface area contributed by atoms with Gasteiger partial charge in [0, 0.05) is 16.5 Å². The minimum absolute atomic E-state index is 0.0375. The summed E-state index contributed by atoms with van der Waals surface area (Å²) >= 11 is 1.54. The van der Waals surface area contributed by atoms with Gasteiger partial charge in [-0.2, -0.15) is 0 Å². The summed E-state index contributed by atoms with van der Waals surface area (Å²) in [5.41, 5.74) is 6.46. The standard InChI is InChI=1S/C18H20N2O2S/c1-18(2,3)14-8-6-13(7-9-14)17(22)20-19-16(21)11-10-15-5-4-12-23-15/h4-12H,1-3H3,(H,19,21)(H,20,22). The molecule has 0 fully saturated rings. The molecule has 0 saturated carbocycles. The second-order valence-corrected chi connectivity index (χ2v) is 7.10. The first-order chi connectivity index (χ1) is 10.9. The molecule has 2 aromatic rings. The van der Waals surface area contributed by atoms with Gasteiger partial charge in [0.05, 0.1) is 0 Å². The van der Waals surface area contributed by atoms with Crippen molar-refractivity contribution in [3.63, 3.8) is 0 Å². The number of hydrogen-bond donors (Lipinski definition) is 2. The SMILES string of the molecule is CC(C)(C)c1ccc(C(=O)NNC(=O)C=Cc2cccs2)cc1. The fourth-order valence-corrected chi connectivity index (χ4v) is 2.52. The summed E-state index contributed by atoms with van der Waals surface area (Å²) in [5, 5.41) is 1.93. The Hall–Kier alpha value is -2.40. The average molecular weight is 328 g/mol. The van der Waals surface area contributed by atoms with Crippen molar-refractivity contribution in [1.29, 1.82) is 0 Å². The quantitative estimate of drug-likeness (QED) is 0.669. The lowest BCUT2D eigenvalue weighted by molar-refractivity contribution is -0.117. The number of carbonyl (C=O) groups is 2. The summed E-state index contributed by atoms with van der Waals surface area (Å²) in [6, 6.07) is 11.2. The van der Waals surface area contributed by atoms with Crippen molar-refractivity contribution < 1.29 is 9.59 Å². The van der Waals surface area contributed by atoms with Crippen molar-refractivity contribution in [2.75, 3.05) is 0 Å². The summed E-state index contributed by atoms with van der Waals surface area (Å²) in [5.74, 6) is -0.721. The molecular weight excluding hydrogens is 308 g/mol. The lowest BCUT2D eigenvalue weighted by Crippen LogP contribution is -2.40. The third kappa shape index (κ3) is 5.07. The van der Waals surface area contributed by atoms with Crippen molar-refractivity contribution in [1.82, 2.24) is 10.9 Å². The van der Waals surface area contributed by atoms with Crippen LogP contribution in [0.5, 0.6) is 0 Å². The highest BCUT2D eigenvalue weighted by molar-refractivity contribution is 7.10. The number of rotatable bonds is 3. The predicted molar refractivity (Wildman–Crippen MR) is 94.1 cm³/mol. The van der Waals surface area contributed by atoms with Crippen LogP contribution in [0, 0.1) is 0 Å². The third-order valence-electron chi connectivity index (χ3n) is 3.25. The molecule has 0 atom stereocenters. The number of carbonyl (C=O) groups excluding carboxylic acids is 2. The van der Waals surface area contributed by atoms with Gasteiger partial charge in [0.25, 0.3) is 11.8 Å². The summed E-state index contributed by atoms with van der Waals surface area (Å²) in [7, 11) is 0. The van der Waals surface area contributed by atoms with Gasteiger partial charge in [0.1, 0.15) is 0 Å². The van der Waals surface area contributed by atoms with Gasteiger partial charge >= 0.3 is 0 Å². The molecule has 0 aliphatic rings. The normalized spacial score (nSPS) is 11.4. The summed E-state index contributed by atoms with van der Waals surface area (Å²) < 4.78 is 0. The minimum atomic E-state index is -0.377. The first-order valence-corrected chi connectivity index (χ1v) is 8.17. The number of amides is 2. The van der Waals surface area contributed by atoms with E-state index in [1.807, 2.05) is 29.6 Å². The third-order valence-corrected chi connectivity index (χ3v) is 4.09. The number of thiophene rings is 1. The molecule has 0 unspecified atom stereocenters. The molecule has 5 heteroatoms. The van der Waals surface area contributed by atoms with E-state index in [1.165, 1.54) is 17.4 Å². The first kappa shape index (κ1) is 17.0. The molecule has 2 amide bonds. The molecule has 0 aliphatic carbocycles. The van der Waals surface area contributed by atoms with E-state index in [4.69, 9.17) is 0 Å². The van der Waals surface area contributed by atoms with Crippen molar-refractivity contribution in [2.24, 2.45) is 0 Å². The van der Waals surface area contributed by atoms with Crippen LogP contribution in [0.15, 0.2) is 47.9 Å². The average Bonchev–Trinajstić information content (AvgIpc) is 3.03. The van der Waals surface area contributed by atoms with Crippen LogP contribution in [0.25, 0.3) is 6.08 Å². The van der Waals surface area contributed by atoms with Crippen molar-refractivity contribution >= 4 is 29.2 Å². The van der Waals surface area contributed by atoms with Gasteiger partial charge in [-0.3, -0.25) is 20.4 Å². The zero-order chi connectivity index (χ0) is 16.9. The zero-order valence-corrected chi connectivity index (χ0v) is 14.2. The van der Waals surface area contributed by atoms with E-state index in [0.717, 1.165) is 10.4 Å². The minimum Gasteiger partial charge on any atom is -0.268 e. The molecule has 1 heterocycles. The van der Waals surface area contributed by atoms with Crippen molar-refractivity contribution in [2.45, 2.75) is 26.2 Å². The zero-order valence-electron chi connectivity index (χ0n) is 13.4. The Morgan fingerprint density at radius 2 is 1.74 bits per heavy atom. The van der Waals surface area contributed by atoms with E-state index in [9.17, 15) is 9.59 Å². The van der Waals surface area contributed by atoms with E-state index in [2.05, 4.69) is 31.6 Å². The van der Waals surface area contributed by atoms with E-state index < -0.39 is 0 Å². The van der Waals surface area contributed by atoms with Crippen LogP contribution in [-0.4, -0.2) is 11.8 Å². The molecule has 2 rings (SSSR count). The Kier molecular flexibility index (Phi) is 5.34. The van der Waals surface area contributed by atoms with Crippen LogP contribution >= 0.6 is 11.3 Å². The Labute approximate surface area is 140 Å². The number of hydrazine groups is 1. The molecule has 1 aromatic carbocycles. The highest BCUT2D eigenvalue weighted by Gasteiger charge is 2.14. The molecule has 0 bridgehead atoms. The van der Waals surface area contributed by atoms with Gasteiger partial charge < -0.3 is 0 Å². The topological polar surface area (TPSA) is 58.2 Å². The maximum absolute atomic E-state index is 12.0. The molecule has 0 saturated heterocycles. The van der Waals surface area contributed by atoms with E-state index in [0.29, 0.717) is 5.56 Å². The van der Waals surface area contributed by atoms with Crippen LogP contribution in [0.2, 0.25) is 0 Å². The van der Waals surface area contributed by atoms with E-state index >= 15 is 0 Å². The van der Waals surface area contributed by atoms with Crippen LogP contribution in [0.1, 0.15) is 41.6 Å². The van der Waals surface area contributed by atoms with Crippen LogP contribution in [0.3, 0.4) is 0 Å². The molecule has 1 aromatic heterocycles. The molecule has 0 radical (unpaired) electrons. The second kappa shape index (κ2) is 7.24. The summed E-state index contributed by atoms with van der Waals surface area (Å²) in [4.78, 5) is 24.6. The monoisotopic (exact) mass is 328 g/mol. The van der Waals surface area contributed by atoms with Gasteiger partial charge in [0.15, 0.2) is 0 Å². The second-order valence-electron chi connectivity index (χ2n) is 6.12. The summed E-state index contributed by atoms with van der Waals surface area (Å²) in [6.45, 7) is 6.34. The van der Waals surface area contributed by atoms with Crippen LogP contribution in [0.4, 0.5) is 0 Å². The highest BCUT2D eigenvalue weighted by Crippen LogP contribution is 2.22. The van der Waals surface area contributed by atoms with Crippen molar-refractivity contribution in [3.05, 3.63) is 63.9 Å². The fourth-order valence-electron chi connectivity index (χ4n) is 1.90. The van der Waals surface area contributed by atoms with Gasteiger partial charge in [-0.25, -0.2) is 0 Å². The van der Waals surface area contributed by atoms with Gasteiger partial charge in [-0.1, -0.05) is 39.0 Å². The lowest BCUT2D eigenvalue weighted by atomic mass is 9.87. The molecule has 23 heavy (non-hydrogen) atoms. The molecule has 0 spiro atoms. The van der Waals surface area contributed by atoms with E-state index in [1.54, 1.807) is 18.2 Å². The number of benzene rings is 1. The van der Waals surface area contributed by atoms with Gasteiger partial charge in [-0.05, 0) is 40.6 Å². The maximum Gasteiger partial charge on any atom is 0.269 e. The van der Waals surface area contributed by atoms with Crippen molar-refractivity contribution in [3.8, 4) is 0 Å². The smallest absolute Gasteiger partial charge is 0.268 e. The highest BCUT2D eigenvalue weighted by atomic mass is 32.1. The van der Waals surface area contributed by atoms with E-state index in [-0.39, 0.29) is 17.2 Å². The first-order valence-electron chi connectivity index (χ1n) is 7.29. The van der Waals surface area contributed by atoms with Gasteiger partial charge in [0.2, 0.25) is 0 Å². The maximum atomic E-state index is 12.0. The van der Waals surface area contributed by atoms with Crippen LogP contribution in [-0.2, 0) is 10.2 Å². The lowest BCUT2D eigenvalue weighted by Gasteiger charge is -2.19. The Balaban J connectivity index is 1.88. The Morgan fingerprint density at radius 3 is 2.30 bits per heavy atom. The molecule has 0 aliphatic heterocycles. The van der Waals surface area contributed by atoms with Gasteiger partial charge in [-0.15, -0.1) is 11.3 Å². The molecule has 4 nitrogen and oxygen atoms in total. The fraction of sp³-hybridized carbons (Fsp3) is 0.222. The van der Waals surface area contributed by atoms with Crippen LogP contribution < -0.4 is 10.9 Å². The number of hydrogen-bond acceptors (Lipinski definition) is 3. The molecule has 2 N–H and O–H groups in total. The Bertz CT molecular complexity index is 696. The predicted octanol–water partition coefficient (Wildman–Crippen LogP) is 3.52. The molecule has 120 valence electrons. The number of nitrogens with one attached hydrogen (secondary N) is 2. The Morgan fingerprint density at radius 1 is 1.04 bits per heavy atom. The molecular formula is C18H20N2O2S. The largest absolute Gasteiger partial charge is 0.269 e.